The molecule has 19 heavy (non-hydrogen) atoms. The van der Waals surface area contributed by atoms with Crippen LogP contribution in [-0.2, 0) is 0 Å². The van der Waals surface area contributed by atoms with E-state index in [2.05, 4.69) is 9.72 Å². The van der Waals surface area contributed by atoms with E-state index in [9.17, 15) is 18.0 Å². The number of carbonyl (C=O) groups is 1. The molecule has 0 saturated heterocycles. The highest BCUT2D eigenvalue weighted by atomic mass is 19.4. The first-order chi connectivity index (χ1) is 9.01. The summed E-state index contributed by atoms with van der Waals surface area (Å²) >= 11 is 0. The van der Waals surface area contributed by atoms with E-state index in [1.165, 1.54) is 36.7 Å². The second kappa shape index (κ2) is 5.09. The lowest BCUT2D eigenvalue weighted by atomic mass is 10.0. The quantitative estimate of drug-likeness (QED) is 0.799. The minimum absolute atomic E-state index is 0.185. The van der Waals surface area contributed by atoms with Crippen molar-refractivity contribution in [1.29, 1.82) is 0 Å². The largest absolute Gasteiger partial charge is 0.573 e. The highest BCUT2D eigenvalue weighted by Gasteiger charge is 2.32. The zero-order valence-corrected chi connectivity index (χ0v) is 9.52. The maximum atomic E-state index is 12.3. The van der Waals surface area contributed by atoms with Gasteiger partial charge >= 0.3 is 6.36 Å². The molecule has 6 heteroatoms. The average Bonchev–Trinajstić information content (AvgIpc) is 2.37. The summed E-state index contributed by atoms with van der Waals surface area (Å²) in [6.45, 7) is 0. The van der Waals surface area contributed by atoms with Gasteiger partial charge in [-0.15, -0.1) is 13.2 Å². The second-order valence-corrected chi connectivity index (χ2v) is 3.62. The zero-order chi connectivity index (χ0) is 13.9. The van der Waals surface area contributed by atoms with Crippen molar-refractivity contribution < 1.29 is 22.7 Å². The third kappa shape index (κ3) is 3.09. The van der Waals surface area contributed by atoms with Crippen molar-refractivity contribution in [2.45, 2.75) is 6.36 Å². The van der Waals surface area contributed by atoms with Crippen LogP contribution in [0.4, 0.5) is 13.2 Å². The first-order valence-corrected chi connectivity index (χ1v) is 5.25. The Balaban J connectivity index is 2.53. The van der Waals surface area contributed by atoms with E-state index in [1.54, 1.807) is 6.07 Å². The lowest BCUT2D eigenvalue weighted by Crippen LogP contribution is -2.17. The van der Waals surface area contributed by atoms with Crippen LogP contribution in [0.25, 0.3) is 11.1 Å². The molecule has 1 aromatic heterocycles. The molecule has 0 fully saturated rings. The molecule has 1 aromatic carbocycles. The second-order valence-electron chi connectivity index (χ2n) is 3.62. The number of ether oxygens (including phenoxy) is 1. The summed E-state index contributed by atoms with van der Waals surface area (Å²) in [5.41, 5.74) is 0.717. The van der Waals surface area contributed by atoms with E-state index in [1.807, 2.05) is 0 Å². The Morgan fingerprint density at radius 1 is 1.11 bits per heavy atom. The lowest BCUT2D eigenvalue weighted by molar-refractivity contribution is -0.274. The van der Waals surface area contributed by atoms with Crippen LogP contribution in [0.2, 0.25) is 0 Å². The van der Waals surface area contributed by atoms with Gasteiger partial charge in [-0.2, -0.15) is 0 Å². The fourth-order valence-electron chi connectivity index (χ4n) is 1.65. The van der Waals surface area contributed by atoms with Gasteiger partial charge in [0, 0.05) is 23.5 Å². The Bertz CT molecular complexity index is 596. The molecule has 1 heterocycles. The third-order valence-electron chi connectivity index (χ3n) is 2.38. The topological polar surface area (TPSA) is 39.2 Å². The van der Waals surface area contributed by atoms with Crippen LogP contribution < -0.4 is 4.74 Å². The van der Waals surface area contributed by atoms with Crippen molar-refractivity contribution in [3.05, 3.63) is 48.3 Å². The van der Waals surface area contributed by atoms with Crippen molar-refractivity contribution in [3.8, 4) is 16.9 Å². The van der Waals surface area contributed by atoms with Crippen molar-refractivity contribution >= 4 is 6.29 Å². The number of rotatable bonds is 3. The van der Waals surface area contributed by atoms with E-state index in [-0.39, 0.29) is 16.9 Å². The number of benzene rings is 1. The Morgan fingerprint density at radius 2 is 1.84 bits per heavy atom. The predicted molar refractivity (Wildman–Crippen MR) is 61.7 cm³/mol. The van der Waals surface area contributed by atoms with E-state index in [4.69, 9.17) is 0 Å². The summed E-state index contributed by atoms with van der Waals surface area (Å²) in [4.78, 5) is 14.6. The summed E-state index contributed by atoms with van der Waals surface area (Å²) in [6, 6.07) is 7.09. The number of carbonyl (C=O) groups excluding carboxylic acids is 1. The highest BCUT2D eigenvalue weighted by molar-refractivity contribution is 5.88. The van der Waals surface area contributed by atoms with Crippen LogP contribution in [0.5, 0.6) is 5.75 Å². The van der Waals surface area contributed by atoms with Crippen LogP contribution in [-0.4, -0.2) is 17.6 Å². The van der Waals surface area contributed by atoms with Gasteiger partial charge in [0.05, 0.1) is 0 Å². The maximum Gasteiger partial charge on any atom is 0.573 e. The van der Waals surface area contributed by atoms with Crippen LogP contribution in [0.3, 0.4) is 0 Å². The molecular weight excluding hydrogens is 259 g/mol. The number of para-hydroxylation sites is 1. The highest BCUT2D eigenvalue weighted by Crippen LogP contribution is 2.34. The normalized spacial score (nSPS) is 11.1. The molecular formula is C13H8F3NO2. The molecule has 0 spiro atoms. The average molecular weight is 267 g/mol. The van der Waals surface area contributed by atoms with E-state index < -0.39 is 6.36 Å². The monoisotopic (exact) mass is 267 g/mol. The summed E-state index contributed by atoms with van der Waals surface area (Å²) in [5.74, 6) is -0.357. The van der Waals surface area contributed by atoms with E-state index >= 15 is 0 Å². The summed E-state index contributed by atoms with van der Waals surface area (Å²) in [6.07, 6.45) is -1.57. The fourth-order valence-corrected chi connectivity index (χ4v) is 1.65. The summed E-state index contributed by atoms with van der Waals surface area (Å²) in [7, 11) is 0. The molecule has 2 aromatic rings. The fraction of sp³-hybridized carbons (Fsp3) is 0.0769. The number of hydrogen-bond donors (Lipinski definition) is 0. The van der Waals surface area contributed by atoms with E-state index in [0.717, 1.165) is 0 Å². The number of aldehydes is 1. The Hall–Kier alpha value is -2.37. The first kappa shape index (κ1) is 13.1. The van der Waals surface area contributed by atoms with Gasteiger partial charge in [-0.1, -0.05) is 18.2 Å². The van der Waals surface area contributed by atoms with Gasteiger partial charge in [0.1, 0.15) is 5.75 Å². The molecule has 3 nitrogen and oxygen atoms in total. The van der Waals surface area contributed by atoms with Gasteiger partial charge in [0.15, 0.2) is 6.29 Å². The molecule has 2 rings (SSSR count). The Kier molecular flexibility index (Phi) is 3.50. The smallest absolute Gasteiger partial charge is 0.405 e. The van der Waals surface area contributed by atoms with Gasteiger partial charge in [0.25, 0.3) is 0 Å². The molecule has 0 aliphatic carbocycles. The van der Waals surface area contributed by atoms with Crippen molar-refractivity contribution in [2.75, 3.05) is 0 Å². The lowest BCUT2D eigenvalue weighted by Gasteiger charge is -2.13. The van der Waals surface area contributed by atoms with Crippen molar-refractivity contribution in [2.24, 2.45) is 0 Å². The summed E-state index contributed by atoms with van der Waals surface area (Å²) in [5, 5.41) is 0. The third-order valence-corrected chi connectivity index (χ3v) is 2.38. The maximum absolute atomic E-state index is 12.3. The van der Waals surface area contributed by atoms with Gasteiger partial charge in [-0.05, 0) is 17.7 Å². The molecule has 0 bridgehead atoms. The van der Waals surface area contributed by atoms with E-state index in [0.29, 0.717) is 11.8 Å². The molecule has 0 unspecified atom stereocenters. The van der Waals surface area contributed by atoms with Crippen LogP contribution in [0.15, 0.2) is 42.7 Å². The van der Waals surface area contributed by atoms with Crippen LogP contribution in [0.1, 0.15) is 10.4 Å². The van der Waals surface area contributed by atoms with Gasteiger partial charge in [-0.25, -0.2) is 0 Å². The molecule has 0 aliphatic rings. The molecule has 0 aliphatic heterocycles. The van der Waals surface area contributed by atoms with Gasteiger partial charge in [-0.3, -0.25) is 9.78 Å². The molecule has 0 N–H and O–H groups in total. The van der Waals surface area contributed by atoms with Gasteiger partial charge < -0.3 is 4.74 Å². The number of halogens is 3. The van der Waals surface area contributed by atoms with Crippen LogP contribution in [0, 0.1) is 0 Å². The number of nitrogens with zero attached hydrogens (tertiary/aromatic N) is 1. The Morgan fingerprint density at radius 3 is 2.53 bits per heavy atom. The summed E-state index contributed by atoms with van der Waals surface area (Å²) < 4.78 is 40.9. The van der Waals surface area contributed by atoms with Gasteiger partial charge in [0.2, 0.25) is 0 Å². The first-order valence-electron chi connectivity index (χ1n) is 5.25. The molecule has 0 radical (unpaired) electrons. The van der Waals surface area contributed by atoms with Crippen LogP contribution >= 0.6 is 0 Å². The standard InChI is InChI=1S/C13H8F3NO2/c14-13(15,16)19-12-4-2-1-3-11(12)10-5-6-17-7-9(10)8-18/h1-8H. The number of pyridine rings is 1. The minimum Gasteiger partial charge on any atom is -0.405 e. The Labute approximate surface area is 106 Å². The number of aromatic nitrogens is 1. The van der Waals surface area contributed by atoms with Crippen molar-refractivity contribution in [3.63, 3.8) is 0 Å². The molecule has 0 saturated carbocycles. The molecule has 0 amide bonds. The molecule has 98 valence electrons. The minimum atomic E-state index is -4.79. The number of hydrogen-bond acceptors (Lipinski definition) is 3. The predicted octanol–water partition coefficient (Wildman–Crippen LogP) is 3.46. The molecule has 0 atom stereocenters. The zero-order valence-electron chi connectivity index (χ0n) is 9.52. The SMILES string of the molecule is O=Cc1cnccc1-c1ccccc1OC(F)(F)F. The van der Waals surface area contributed by atoms with Crippen molar-refractivity contribution in [1.82, 2.24) is 4.98 Å². The number of alkyl halides is 3.